The van der Waals surface area contributed by atoms with E-state index in [9.17, 15) is 4.79 Å². The second-order valence-corrected chi connectivity index (χ2v) is 10.9. The van der Waals surface area contributed by atoms with Gasteiger partial charge in [0, 0.05) is 52.9 Å². The molecule has 1 aliphatic heterocycles. The van der Waals surface area contributed by atoms with E-state index >= 15 is 0 Å². The Morgan fingerprint density at radius 2 is 1.79 bits per heavy atom. The highest BCUT2D eigenvalue weighted by atomic mass is 32.1. The van der Waals surface area contributed by atoms with Crippen molar-refractivity contribution in [1.29, 1.82) is 0 Å². The maximum atomic E-state index is 13.1. The van der Waals surface area contributed by atoms with Gasteiger partial charge < -0.3 is 9.88 Å². The Morgan fingerprint density at radius 3 is 2.55 bits per heavy atom. The molecule has 33 heavy (non-hydrogen) atoms. The van der Waals surface area contributed by atoms with E-state index in [-0.39, 0.29) is 11.9 Å². The largest absolute Gasteiger partial charge is 0.349 e. The van der Waals surface area contributed by atoms with Crippen LogP contribution in [0.15, 0.2) is 54.7 Å². The molecule has 0 saturated carbocycles. The highest BCUT2D eigenvalue weighted by Crippen LogP contribution is 2.40. The van der Waals surface area contributed by atoms with Gasteiger partial charge in [-0.15, -0.1) is 11.3 Å². The number of rotatable bonds is 6. The van der Waals surface area contributed by atoms with Crippen LogP contribution in [0.3, 0.4) is 0 Å². The number of nitrogens with one attached hydrogen (secondary N) is 1. The fourth-order valence-electron chi connectivity index (χ4n) is 5.25. The maximum Gasteiger partial charge on any atom is 0.261 e. The van der Waals surface area contributed by atoms with Gasteiger partial charge in [0.2, 0.25) is 0 Å². The fraction of sp³-hybridized carbons (Fsp3) is 0.393. The molecule has 0 bridgehead atoms. The van der Waals surface area contributed by atoms with Gasteiger partial charge in [-0.05, 0) is 69.3 Å². The van der Waals surface area contributed by atoms with Gasteiger partial charge in [-0.3, -0.25) is 9.69 Å². The van der Waals surface area contributed by atoms with Crippen LogP contribution in [0, 0.1) is 0 Å². The molecule has 1 amide bonds. The molecule has 2 aromatic carbocycles. The van der Waals surface area contributed by atoms with E-state index in [1.54, 1.807) is 11.3 Å². The van der Waals surface area contributed by atoms with Crippen LogP contribution in [0.1, 0.15) is 66.9 Å². The lowest BCUT2D eigenvalue weighted by Crippen LogP contribution is -2.30. The van der Waals surface area contributed by atoms with E-state index < -0.39 is 0 Å². The normalized spacial score (nSPS) is 17.1. The molecule has 4 nitrogen and oxygen atoms in total. The molecule has 172 valence electrons. The first-order valence-corrected chi connectivity index (χ1v) is 12.9. The summed E-state index contributed by atoms with van der Waals surface area (Å²) in [5.41, 5.74) is 3.96. The third-order valence-electron chi connectivity index (χ3n) is 6.71. The third-order valence-corrected chi connectivity index (χ3v) is 7.90. The van der Waals surface area contributed by atoms with Crippen molar-refractivity contribution in [2.45, 2.75) is 58.7 Å². The van der Waals surface area contributed by atoms with E-state index in [0.29, 0.717) is 12.0 Å². The summed E-state index contributed by atoms with van der Waals surface area (Å²) >= 11 is 1.64. The number of hydrogen-bond acceptors (Lipinski definition) is 3. The molecule has 0 spiro atoms. The Morgan fingerprint density at radius 1 is 1.06 bits per heavy atom. The van der Waals surface area contributed by atoms with Gasteiger partial charge in [0.05, 0.1) is 4.88 Å². The van der Waals surface area contributed by atoms with Crippen molar-refractivity contribution in [2.75, 3.05) is 13.1 Å². The Balaban J connectivity index is 1.43. The summed E-state index contributed by atoms with van der Waals surface area (Å²) < 4.78 is 3.60. The molecule has 0 unspecified atom stereocenters. The smallest absolute Gasteiger partial charge is 0.261 e. The van der Waals surface area contributed by atoms with E-state index in [1.165, 1.54) is 32.1 Å². The average Bonchev–Trinajstić information content (AvgIpc) is 3.49. The van der Waals surface area contributed by atoms with Crippen LogP contribution in [0.25, 0.3) is 21.0 Å². The minimum absolute atomic E-state index is 0.0691. The molecule has 1 atom stereocenters. The molecular formula is C28H33N3OS. The lowest BCUT2D eigenvalue weighted by molar-refractivity contribution is 0.0946. The minimum Gasteiger partial charge on any atom is -0.349 e. The van der Waals surface area contributed by atoms with Crippen molar-refractivity contribution in [2.24, 2.45) is 0 Å². The zero-order valence-corrected chi connectivity index (χ0v) is 20.8. The number of carbonyl (C=O) groups is 1. The number of para-hydroxylation sites is 1. The summed E-state index contributed by atoms with van der Waals surface area (Å²) in [5, 5.41) is 5.73. The maximum absolute atomic E-state index is 13.1. The van der Waals surface area contributed by atoms with Crippen molar-refractivity contribution in [3.63, 3.8) is 0 Å². The van der Waals surface area contributed by atoms with Gasteiger partial charge in [0.15, 0.2) is 0 Å². The number of nitrogens with zero attached hydrogens (tertiary/aromatic N) is 2. The zero-order chi connectivity index (χ0) is 23.1. The SMILES string of the molecule is CC(C)NC(=O)c1sc2ccccc2c1[C@@H]1CCN(Cc2cn(C(C)C)c3ccccc23)C1. The molecule has 1 fully saturated rings. The fourth-order valence-corrected chi connectivity index (χ4v) is 6.44. The van der Waals surface area contributed by atoms with E-state index in [1.807, 2.05) is 13.8 Å². The van der Waals surface area contributed by atoms with Crippen LogP contribution in [0.4, 0.5) is 0 Å². The quantitative estimate of drug-likeness (QED) is 0.354. The number of thiophene rings is 1. The monoisotopic (exact) mass is 459 g/mol. The number of fused-ring (bicyclic) bond motifs is 2. The third kappa shape index (κ3) is 4.20. The van der Waals surface area contributed by atoms with Crippen molar-refractivity contribution in [3.05, 3.63) is 70.7 Å². The molecule has 1 N–H and O–H groups in total. The summed E-state index contributed by atoms with van der Waals surface area (Å²) in [4.78, 5) is 16.5. The predicted octanol–water partition coefficient (Wildman–Crippen LogP) is 6.56. The van der Waals surface area contributed by atoms with Crippen LogP contribution >= 0.6 is 11.3 Å². The average molecular weight is 460 g/mol. The Labute approximate surface area is 200 Å². The summed E-state index contributed by atoms with van der Waals surface area (Å²) in [5.74, 6) is 0.451. The highest BCUT2D eigenvalue weighted by molar-refractivity contribution is 7.21. The highest BCUT2D eigenvalue weighted by Gasteiger charge is 2.31. The predicted molar refractivity (Wildman–Crippen MR) is 139 cm³/mol. The zero-order valence-electron chi connectivity index (χ0n) is 20.0. The Hall–Kier alpha value is -2.63. The first-order valence-electron chi connectivity index (χ1n) is 12.1. The topological polar surface area (TPSA) is 37.3 Å². The minimum atomic E-state index is 0.0691. The number of carbonyl (C=O) groups excluding carboxylic acids is 1. The van der Waals surface area contributed by atoms with Gasteiger partial charge in [0.1, 0.15) is 0 Å². The van der Waals surface area contributed by atoms with Gasteiger partial charge in [-0.1, -0.05) is 36.4 Å². The van der Waals surface area contributed by atoms with Crippen LogP contribution in [0.2, 0.25) is 0 Å². The van der Waals surface area contributed by atoms with Crippen LogP contribution in [-0.4, -0.2) is 34.5 Å². The van der Waals surface area contributed by atoms with Crippen LogP contribution in [0.5, 0.6) is 0 Å². The Bertz CT molecular complexity index is 1300. The van der Waals surface area contributed by atoms with E-state index in [4.69, 9.17) is 0 Å². The van der Waals surface area contributed by atoms with Crippen molar-refractivity contribution < 1.29 is 4.79 Å². The van der Waals surface area contributed by atoms with Gasteiger partial charge >= 0.3 is 0 Å². The summed E-state index contributed by atoms with van der Waals surface area (Å²) in [6.45, 7) is 11.5. The van der Waals surface area contributed by atoms with Crippen molar-refractivity contribution in [1.82, 2.24) is 14.8 Å². The molecule has 5 heteroatoms. The summed E-state index contributed by atoms with van der Waals surface area (Å²) in [6.07, 6.45) is 3.43. The first kappa shape index (κ1) is 22.2. The van der Waals surface area contributed by atoms with E-state index in [0.717, 1.165) is 30.9 Å². The standard InChI is InChI=1S/C28H33N3OS/c1-18(2)29-28(32)27-26(23-10-6-8-12-25(23)33-27)20-13-14-30(15-20)16-21-17-31(19(3)4)24-11-7-5-9-22(21)24/h5-12,17-20H,13-16H2,1-4H3,(H,29,32)/t20-/m1/s1. The number of benzene rings is 2. The second kappa shape index (κ2) is 8.96. The van der Waals surface area contributed by atoms with E-state index in [2.05, 4.69) is 83.4 Å². The number of amides is 1. The lowest BCUT2D eigenvalue weighted by Gasteiger charge is -2.17. The number of aromatic nitrogens is 1. The molecule has 4 aromatic rings. The Kier molecular flexibility index (Phi) is 6.02. The summed E-state index contributed by atoms with van der Waals surface area (Å²) in [7, 11) is 0. The second-order valence-electron chi connectivity index (χ2n) is 9.86. The lowest BCUT2D eigenvalue weighted by atomic mass is 9.95. The number of hydrogen-bond donors (Lipinski definition) is 1. The van der Waals surface area contributed by atoms with Gasteiger partial charge in [-0.25, -0.2) is 0 Å². The first-order chi connectivity index (χ1) is 15.9. The summed E-state index contributed by atoms with van der Waals surface area (Å²) in [6, 6.07) is 17.8. The van der Waals surface area contributed by atoms with Crippen molar-refractivity contribution in [3.8, 4) is 0 Å². The molecule has 1 saturated heterocycles. The molecule has 3 heterocycles. The molecular weight excluding hydrogens is 426 g/mol. The molecule has 0 radical (unpaired) electrons. The molecule has 0 aliphatic carbocycles. The molecule has 2 aromatic heterocycles. The number of likely N-dealkylation sites (tertiary alicyclic amines) is 1. The molecule has 5 rings (SSSR count). The van der Waals surface area contributed by atoms with Crippen LogP contribution < -0.4 is 5.32 Å². The van der Waals surface area contributed by atoms with Crippen LogP contribution in [-0.2, 0) is 6.54 Å². The van der Waals surface area contributed by atoms with Gasteiger partial charge in [0.25, 0.3) is 5.91 Å². The molecule has 1 aliphatic rings. The van der Waals surface area contributed by atoms with Crippen molar-refractivity contribution >= 4 is 38.2 Å². The van der Waals surface area contributed by atoms with Gasteiger partial charge in [-0.2, -0.15) is 0 Å².